The second-order valence-corrected chi connectivity index (χ2v) is 8.59. The summed E-state index contributed by atoms with van der Waals surface area (Å²) in [4.78, 5) is 0. The molecule has 3 aromatic rings. The van der Waals surface area contributed by atoms with Crippen LogP contribution in [0.2, 0.25) is 0 Å². The van der Waals surface area contributed by atoms with Gasteiger partial charge in [-0.2, -0.15) is 0 Å². The highest BCUT2D eigenvalue weighted by atomic mass is 31.1. The number of rotatable bonds is 6. The van der Waals surface area contributed by atoms with Crippen molar-refractivity contribution in [2.24, 2.45) is 0 Å². The van der Waals surface area contributed by atoms with Crippen molar-refractivity contribution in [2.75, 3.05) is 7.11 Å². The molecule has 3 rings (SSSR count). The highest BCUT2D eigenvalue weighted by Gasteiger charge is 2.27. The van der Waals surface area contributed by atoms with E-state index < -0.39 is 14.0 Å². The highest BCUT2D eigenvalue weighted by molar-refractivity contribution is 7.73. The van der Waals surface area contributed by atoms with E-state index in [1.807, 2.05) is 36.4 Å². The van der Waals surface area contributed by atoms with Crippen LogP contribution in [-0.2, 0) is 0 Å². The van der Waals surface area contributed by atoms with E-state index in [0.29, 0.717) is 0 Å². The lowest BCUT2D eigenvalue weighted by atomic mass is 10.1. The molecule has 0 amide bonds. The Labute approximate surface area is 150 Å². The van der Waals surface area contributed by atoms with Crippen LogP contribution in [-0.4, -0.2) is 17.9 Å². The van der Waals surface area contributed by atoms with Crippen LogP contribution < -0.4 is 15.3 Å². The number of hydrogen-bond acceptors (Lipinski definition) is 2. The molecule has 3 aromatic carbocycles. The summed E-state index contributed by atoms with van der Waals surface area (Å²) < 4.78 is 5.22. The van der Waals surface area contributed by atoms with Gasteiger partial charge in [0.25, 0.3) is 0 Å². The summed E-state index contributed by atoms with van der Waals surface area (Å²) in [5, 5.41) is 13.6. The fourth-order valence-corrected chi connectivity index (χ4v) is 5.70. The Morgan fingerprint density at radius 1 is 0.760 bits per heavy atom. The second-order valence-electron chi connectivity index (χ2n) is 6.00. The molecule has 0 saturated carbocycles. The Kier molecular flexibility index (Phi) is 5.86. The molecule has 0 aliphatic rings. The predicted octanol–water partition coefficient (Wildman–Crippen LogP) is 4.25. The van der Waals surface area contributed by atoms with E-state index in [-0.39, 0.29) is 5.66 Å². The number of hydrogen-bond donors (Lipinski definition) is 1. The molecule has 0 spiro atoms. The molecule has 2 nitrogen and oxygen atoms in total. The lowest BCUT2D eigenvalue weighted by Crippen LogP contribution is -2.24. The van der Waals surface area contributed by atoms with Crippen molar-refractivity contribution in [2.45, 2.75) is 18.7 Å². The summed E-state index contributed by atoms with van der Waals surface area (Å²) in [6, 6.07) is 28.7. The minimum Gasteiger partial charge on any atom is -0.497 e. The van der Waals surface area contributed by atoms with Gasteiger partial charge in [-0.05, 0) is 36.2 Å². The molecule has 0 bridgehead atoms. The molecule has 0 aliphatic carbocycles. The van der Waals surface area contributed by atoms with Gasteiger partial charge in [0.15, 0.2) is 0 Å². The van der Waals surface area contributed by atoms with Gasteiger partial charge in [-0.15, -0.1) is 0 Å². The van der Waals surface area contributed by atoms with Crippen LogP contribution in [0.3, 0.4) is 0 Å². The van der Waals surface area contributed by atoms with Crippen LogP contribution in [0.15, 0.2) is 84.9 Å². The van der Waals surface area contributed by atoms with Crippen LogP contribution in [0.5, 0.6) is 5.75 Å². The largest absolute Gasteiger partial charge is 0.497 e. The number of aliphatic hydroxyl groups is 1. The second kappa shape index (κ2) is 8.29. The topological polar surface area (TPSA) is 29.5 Å². The van der Waals surface area contributed by atoms with Gasteiger partial charge in [-0.1, -0.05) is 79.7 Å². The molecule has 2 atom stereocenters. The van der Waals surface area contributed by atoms with Crippen molar-refractivity contribution in [1.29, 1.82) is 0 Å². The Hall–Kier alpha value is -2.15. The van der Waals surface area contributed by atoms with E-state index in [9.17, 15) is 5.11 Å². The monoisotopic (exact) mass is 350 g/mol. The van der Waals surface area contributed by atoms with E-state index in [4.69, 9.17) is 4.74 Å². The zero-order valence-electron chi connectivity index (χ0n) is 14.5. The zero-order chi connectivity index (χ0) is 17.6. The van der Waals surface area contributed by atoms with Gasteiger partial charge in [0.2, 0.25) is 0 Å². The van der Waals surface area contributed by atoms with E-state index in [2.05, 4.69) is 55.5 Å². The van der Waals surface area contributed by atoms with E-state index in [0.717, 1.165) is 11.3 Å². The fraction of sp³-hybridized carbons (Fsp3) is 0.182. The Balaban J connectivity index is 1.94. The van der Waals surface area contributed by atoms with Crippen LogP contribution in [0.1, 0.15) is 18.6 Å². The maximum atomic E-state index is 11.0. The van der Waals surface area contributed by atoms with Gasteiger partial charge in [-0.3, -0.25) is 0 Å². The van der Waals surface area contributed by atoms with Crippen LogP contribution >= 0.6 is 7.92 Å². The van der Waals surface area contributed by atoms with Crippen LogP contribution in [0, 0.1) is 0 Å². The third-order valence-electron chi connectivity index (χ3n) is 4.39. The average molecular weight is 350 g/mol. The van der Waals surface area contributed by atoms with Crippen molar-refractivity contribution in [3.63, 3.8) is 0 Å². The fourth-order valence-electron chi connectivity index (χ4n) is 3.02. The quantitative estimate of drug-likeness (QED) is 0.674. The predicted molar refractivity (Wildman–Crippen MR) is 106 cm³/mol. The molecule has 0 saturated heterocycles. The molecule has 1 N–H and O–H groups in total. The Bertz CT molecular complexity index is 733. The summed E-state index contributed by atoms with van der Waals surface area (Å²) in [7, 11) is 0.983. The van der Waals surface area contributed by atoms with Crippen LogP contribution in [0.25, 0.3) is 0 Å². The van der Waals surface area contributed by atoms with Gasteiger partial charge < -0.3 is 9.84 Å². The lowest BCUT2D eigenvalue weighted by Gasteiger charge is -2.29. The molecule has 0 unspecified atom stereocenters. The normalized spacial score (nSPS) is 13.4. The van der Waals surface area contributed by atoms with Gasteiger partial charge in [0, 0.05) is 5.66 Å². The molecule has 0 radical (unpaired) electrons. The van der Waals surface area contributed by atoms with Gasteiger partial charge >= 0.3 is 0 Å². The maximum Gasteiger partial charge on any atom is 0.118 e. The van der Waals surface area contributed by atoms with E-state index >= 15 is 0 Å². The average Bonchev–Trinajstić information content (AvgIpc) is 2.69. The summed E-state index contributed by atoms with van der Waals surface area (Å²) in [6.07, 6.45) is -0.530. The van der Waals surface area contributed by atoms with Gasteiger partial charge in [-0.25, -0.2) is 0 Å². The third-order valence-corrected chi connectivity index (χ3v) is 7.20. The number of aliphatic hydroxyl groups excluding tert-OH is 1. The lowest BCUT2D eigenvalue weighted by molar-refractivity contribution is 0.178. The highest BCUT2D eigenvalue weighted by Crippen LogP contribution is 2.45. The van der Waals surface area contributed by atoms with Gasteiger partial charge in [0.1, 0.15) is 5.75 Å². The van der Waals surface area contributed by atoms with Crippen molar-refractivity contribution in [3.8, 4) is 5.75 Å². The van der Waals surface area contributed by atoms with E-state index in [1.54, 1.807) is 7.11 Å². The number of benzene rings is 3. The Morgan fingerprint density at radius 2 is 1.24 bits per heavy atom. The first-order valence-corrected chi connectivity index (χ1v) is 9.83. The number of methoxy groups -OCH3 is 1. The first kappa shape index (κ1) is 17.7. The minimum absolute atomic E-state index is 0.0909. The summed E-state index contributed by atoms with van der Waals surface area (Å²) in [5.74, 6) is 0.803. The molecule has 0 aromatic heterocycles. The molecule has 0 aliphatic heterocycles. The van der Waals surface area contributed by atoms with Crippen molar-refractivity contribution < 1.29 is 9.84 Å². The summed E-state index contributed by atoms with van der Waals surface area (Å²) >= 11 is 0. The zero-order valence-corrected chi connectivity index (χ0v) is 15.4. The number of ether oxygens (including phenoxy) is 1. The van der Waals surface area contributed by atoms with Crippen molar-refractivity contribution in [3.05, 3.63) is 90.5 Å². The molecule has 25 heavy (non-hydrogen) atoms. The van der Waals surface area contributed by atoms with Crippen molar-refractivity contribution in [1.82, 2.24) is 0 Å². The van der Waals surface area contributed by atoms with Crippen LogP contribution in [0.4, 0.5) is 0 Å². The molecular formula is C22H23O2P. The first-order valence-electron chi connectivity index (χ1n) is 8.42. The maximum absolute atomic E-state index is 11.0. The minimum atomic E-state index is -0.668. The molecule has 0 fully saturated rings. The molecular weight excluding hydrogens is 327 g/mol. The smallest absolute Gasteiger partial charge is 0.118 e. The SMILES string of the molecule is COc1ccc([C@H](O)[C@H](C)P(c2ccccc2)c2ccccc2)cc1. The molecule has 3 heteroatoms. The summed E-state index contributed by atoms with van der Waals surface area (Å²) in [5.41, 5.74) is 1.01. The van der Waals surface area contributed by atoms with E-state index in [1.165, 1.54) is 10.6 Å². The standard InChI is InChI=1S/C22H23O2P/c1-17(22(23)18-13-15-19(24-2)16-14-18)25(20-9-5-3-6-10-20)21-11-7-4-8-12-21/h3-17,22-23H,1-2H3/t17-,22+/m0/s1. The first-order chi connectivity index (χ1) is 12.2. The summed E-state index contributed by atoms with van der Waals surface area (Å²) in [6.45, 7) is 2.14. The molecule has 128 valence electrons. The van der Waals surface area contributed by atoms with Crippen molar-refractivity contribution >= 4 is 18.5 Å². The third kappa shape index (κ3) is 4.10. The Morgan fingerprint density at radius 3 is 1.68 bits per heavy atom. The molecule has 0 heterocycles. The van der Waals surface area contributed by atoms with Gasteiger partial charge in [0.05, 0.1) is 13.2 Å².